The Bertz CT molecular complexity index is 1020. The number of fused-ring (bicyclic) bond motifs is 1. The summed E-state index contributed by atoms with van der Waals surface area (Å²) in [7, 11) is 5.25. The number of hydrogen-bond acceptors (Lipinski definition) is 7. The Kier molecular flexibility index (Phi) is 5.63. The van der Waals surface area contributed by atoms with Crippen molar-refractivity contribution < 1.29 is 9.47 Å². The van der Waals surface area contributed by atoms with Gasteiger partial charge in [0.05, 0.1) is 19.7 Å². The highest BCUT2D eigenvalue weighted by atomic mass is 16.5. The Morgan fingerprint density at radius 1 is 1.03 bits per heavy atom. The number of benzene rings is 2. The first-order chi connectivity index (χ1) is 14.6. The Hall–Kier alpha value is -3.06. The third-order valence-corrected chi connectivity index (χ3v) is 6.05. The first-order valence-electron chi connectivity index (χ1n) is 10.2. The van der Waals surface area contributed by atoms with Gasteiger partial charge in [0.1, 0.15) is 5.82 Å². The molecule has 1 saturated heterocycles. The van der Waals surface area contributed by atoms with Gasteiger partial charge in [-0.2, -0.15) is 4.98 Å². The number of piperidine rings is 1. The van der Waals surface area contributed by atoms with Crippen molar-refractivity contribution in [1.82, 2.24) is 15.3 Å². The van der Waals surface area contributed by atoms with E-state index in [4.69, 9.17) is 20.2 Å². The fourth-order valence-electron chi connectivity index (χ4n) is 4.40. The Labute approximate surface area is 177 Å². The first kappa shape index (κ1) is 20.2. The van der Waals surface area contributed by atoms with Gasteiger partial charge in [-0.3, -0.25) is 0 Å². The van der Waals surface area contributed by atoms with E-state index in [1.54, 1.807) is 14.2 Å². The van der Waals surface area contributed by atoms with Gasteiger partial charge in [0.15, 0.2) is 11.5 Å². The average molecular weight is 408 g/mol. The SMILES string of the molecule is COc1cc2nc(N(C)CC3(c4ccccc4)CCNCC3)nc(N)c2cc1OC. The molecule has 1 aliphatic rings. The molecule has 1 aromatic heterocycles. The van der Waals surface area contributed by atoms with E-state index in [0.29, 0.717) is 23.3 Å². The molecule has 0 atom stereocenters. The third-order valence-electron chi connectivity index (χ3n) is 6.05. The number of nitrogens with two attached hydrogens (primary N) is 1. The van der Waals surface area contributed by atoms with E-state index in [1.165, 1.54) is 5.56 Å². The largest absolute Gasteiger partial charge is 0.493 e. The standard InChI is InChI=1S/C23H29N5O2/c1-28(15-23(9-11-25-12-10-23)16-7-5-4-6-8-16)22-26-18-14-20(30-3)19(29-2)13-17(18)21(24)27-22/h4-8,13-14,25H,9-12,15H2,1-3H3,(H2,24,26,27). The number of anilines is 2. The summed E-state index contributed by atoms with van der Waals surface area (Å²) in [4.78, 5) is 11.5. The Balaban J connectivity index is 1.70. The van der Waals surface area contributed by atoms with E-state index in [9.17, 15) is 0 Å². The second-order valence-corrected chi connectivity index (χ2v) is 7.89. The predicted molar refractivity (Wildman–Crippen MR) is 121 cm³/mol. The lowest BCUT2D eigenvalue weighted by molar-refractivity contribution is 0.311. The van der Waals surface area contributed by atoms with Crippen LogP contribution in [0.15, 0.2) is 42.5 Å². The van der Waals surface area contributed by atoms with Crippen molar-refractivity contribution in [2.45, 2.75) is 18.3 Å². The molecule has 0 aliphatic carbocycles. The van der Waals surface area contributed by atoms with Crippen molar-refractivity contribution in [1.29, 1.82) is 0 Å². The maximum Gasteiger partial charge on any atom is 0.227 e. The van der Waals surface area contributed by atoms with Gasteiger partial charge in [-0.05, 0) is 37.6 Å². The molecule has 2 heterocycles. The first-order valence-corrected chi connectivity index (χ1v) is 10.2. The topological polar surface area (TPSA) is 85.5 Å². The quantitative estimate of drug-likeness (QED) is 0.650. The number of nitrogens with zero attached hydrogens (tertiary/aromatic N) is 3. The van der Waals surface area contributed by atoms with Crippen LogP contribution in [-0.4, -0.2) is 50.9 Å². The second kappa shape index (κ2) is 8.36. The van der Waals surface area contributed by atoms with Crippen LogP contribution >= 0.6 is 0 Å². The summed E-state index contributed by atoms with van der Waals surface area (Å²) >= 11 is 0. The molecule has 7 nitrogen and oxygen atoms in total. The van der Waals surface area contributed by atoms with Gasteiger partial charge in [0.2, 0.25) is 5.95 Å². The van der Waals surface area contributed by atoms with Crippen molar-refractivity contribution in [2.24, 2.45) is 0 Å². The number of hydrogen-bond donors (Lipinski definition) is 2. The highest BCUT2D eigenvalue weighted by Crippen LogP contribution is 2.37. The van der Waals surface area contributed by atoms with Gasteiger partial charge in [-0.15, -0.1) is 0 Å². The lowest BCUT2D eigenvalue weighted by atomic mass is 9.73. The monoisotopic (exact) mass is 407 g/mol. The van der Waals surface area contributed by atoms with Crippen LogP contribution in [0, 0.1) is 0 Å². The molecule has 4 rings (SSSR count). The normalized spacial score (nSPS) is 15.7. The zero-order valence-corrected chi connectivity index (χ0v) is 17.8. The lowest BCUT2D eigenvalue weighted by Gasteiger charge is -2.41. The minimum atomic E-state index is 0.0476. The molecule has 3 N–H and O–H groups in total. The van der Waals surface area contributed by atoms with Crippen LogP contribution < -0.4 is 25.4 Å². The summed E-state index contributed by atoms with van der Waals surface area (Å²) in [5, 5.41) is 4.24. The van der Waals surface area contributed by atoms with E-state index in [0.717, 1.165) is 43.4 Å². The van der Waals surface area contributed by atoms with Crippen LogP contribution in [0.5, 0.6) is 11.5 Å². The fourth-order valence-corrected chi connectivity index (χ4v) is 4.40. The lowest BCUT2D eigenvalue weighted by Crippen LogP contribution is -2.47. The van der Waals surface area contributed by atoms with Gasteiger partial charge in [-0.1, -0.05) is 30.3 Å². The van der Waals surface area contributed by atoms with Crippen LogP contribution in [0.1, 0.15) is 18.4 Å². The maximum absolute atomic E-state index is 6.30. The summed E-state index contributed by atoms with van der Waals surface area (Å²) in [6, 6.07) is 14.4. The summed E-state index contributed by atoms with van der Waals surface area (Å²) in [5.74, 6) is 2.28. The number of likely N-dealkylation sites (N-methyl/N-ethyl adjacent to an activating group) is 1. The third kappa shape index (κ3) is 3.73. The highest BCUT2D eigenvalue weighted by molar-refractivity contribution is 5.91. The molecule has 2 aromatic carbocycles. The molecule has 7 heteroatoms. The molecule has 0 radical (unpaired) electrons. The van der Waals surface area contributed by atoms with Crippen LogP contribution in [0.4, 0.5) is 11.8 Å². The van der Waals surface area contributed by atoms with E-state index < -0.39 is 0 Å². The van der Waals surface area contributed by atoms with Gasteiger partial charge in [-0.25, -0.2) is 4.98 Å². The highest BCUT2D eigenvalue weighted by Gasteiger charge is 2.35. The predicted octanol–water partition coefficient (Wildman–Crippen LogP) is 2.99. The molecule has 158 valence electrons. The van der Waals surface area contributed by atoms with Gasteiger partial charge >= 0.3 is 0 Å². The maximum atomic E-state index is 6.30. The van der Waals surface area contributed by atoms with E-state index in [1.807, 2.05) is 19.2 Å². The minimum Gasteiger partial charge on any atom is -0.493 e. The summed E-state index contributed by atoms with van der Waals surface area (Å²) < 4.78 is 10.8. The van der Waals surface area contributed by atoms with Crippen molar-refractivity contribution in [3.05, 3.63) is 48.0 Å². The molecule has 0 amide bonds. The van der Waals surface area contributed by atoms with Crippen LogP contribution in [0.3, 0.4) is 0 Å². The molecule has 0 bridgehead atoms. The number of nitrogens with one attached hydrogen (secondary N) is 1. The summed E-state index contributed by atoms with van der Waals surface area (Å²) in [5.41, 5.74) is 8.45. The van der Waals surface area contributed by atoms with Gasteiger partial charge < -0.3 is 25.4 Å². The van der Waals surface area contributed by atoms with Crippen molar-refractivity contribution in [2.75, 3.05) is 51.5 Å². The molecule has 0 spiro atoms. The van der Waals surface area contributed by atoms with Crippen molar-refractivity contribution in [3.63, 3.8) is 0 Å². The Morgan fingerprint density at radius 2 is 1.70 bits per heavy atom. The van der Waals surface area contributed by atoms with Crippen LogP contribution in [0.25, 0.3) is 10.9 Å². The fraction of sp³-hybridized carbons (Fsp3) is 0.391. The average Bonchev–Trinajstić information content (AvgIpc) is 2.79. The van der Waals surface area contributed by atoms with Crippen LogP contribution in [-0.2, 0) is 5.41 Å². The van der Waals surface area contributed by atoms with E-state index in [2.05, 4.69) is 45.5 Å². The molecular formula is C23H29N5O2. The molecule has 1 aliphatic heterocycles. The smallest absolute Gasteiger partial charge is 0.227 e. The minimum absolute atomic E-state index is 0.0476. The summed E-state index contributed by atoms with van der Waals surface area (Å²) in [6.45, 7) is 2.82. The van der Waals surface area contributed by atoms with Gasteiger partial charge in [0.25, 0.3) is 0 Å². The number of methoxy groups -OCH3 is 2. The zero-order chi connectivity index (χ0) is 21.1. The second-order valence-electron chi connectivity index (χ2n) is 7.89. The Morgan fingerprint density at radius 3 is 2.37 bits per heavy atom. The molecule has 3 aromatic rings. The van der Waals surface area contributed by atoms with Gasteiger partial charge in [0, 0.05) is 30.5 Å². The number of aromatic nitrogens is 2. The zero-order valence-electron chi connectivity index (χ0n) is 17.8. The molecule has 0 unspecified atom stereocenters. The van der Waals surface area contributed by atoms with Crippen molar-refractivity contribution in [3.8, 4) is 11.5 Å². The number of ether oxygens (including phenoxy) is 2. The number of rotatable bonds is 6. The van der Waals surface area contributed by atoms with Crippen molar-refractivity contribution >= 4 is 22.7 Å². The molecule has 0 saturated carbocycles. The summed E-state index contributed by atoms with van der Waals surface area (Å²) in [6.07, 6.45) is 2.13. The molecule has 30 heavy (non-hydrogen) atoms. The molecule has 1 fully saturated rings. The number of nitrogen functional groups attached to an aromatic ring is 1. The van der Waals surface area contributed by atoms with E-state index in [-0.39, 0.29) is 5.41 Å². The van der Waals surface area contributed by atoms with Crippen LogP contribution in [0.2, 0.25) is 0 Å². The van der Waals surface area contributed by atoms with E-state index >= 15 is 0 Å². The molecular weight excluding hydrogens is 378 g/mol.